The molecule has 2 aliphatic rings. The van der Waals surface area contributed by atoms with Crippen LogP contribution in [-0.2, 0) is 15.0 Å². The van der Waals surface area contributed by atoms with Crippen LogP contribution in [0.5, 0.6) is 0 Å². The van der Waals surface area contributed by atoms with Crippen LogP contribution in [0.3, 0.4) is 0 Å². The third-order valence-electron chi connectivity index (χ3n) is 7.72. The van der Waals surface area contributed by atoms with Gasteiger partial charge in [0.15, 0.2) is 0 Å². The van der Waals surface area contributed by atoms with Crippen LogP contribution in [0.25, 0.3) is 0 Å². The van der Waals surface area contributed by atoms with Crippen LogP contribution in [0.2, 0.25) is 15.1 Å². The molecule has 0 saturated carbocycles. The number of nitrogens with one attached hydrogen (secondary N) is 3. The van der Waals surface area contributed by atoms with Gasteiger partial charge in [0.2, 0.25) is 17.7 Å². The number of rotatable bonds is 5. The lowest BCUT2D eigenvalue weighted by atomic mass is 9.62. The molecule has 0 unspecified atom stereocenters. The van der Waals surface area contributed by atoms with Crippen LogP contribution in [0.1, 0.15) is 54.6 Å². The first-order valence-electron chi connectivity index (χ1n) is 13.0. The van der Waals surface area contributed by atoms with E-state index in [0.29, 0.717) is 28.4 Å². The number of nitrogens with two attached hydrogens (primary N) is 1. The van der Waals surface area contributed by atoms with Crippen molar-refractivity contribution < 1.29 is 18.8 Å². The fourth-order valence-electron chi connectivity index (χ4n) is 6.16. The van der Waals surface area contributed by atoms with Crippen molar-refractivity contribution in [1.29, 1.82) is 0 Å². The van der Waals surface area contributed by atoms with Crippen LogP contribution in [0, 0.1) is 11.2 Å². The number of fused-ring (bicyclic) bond motifs is 2. The number of primary amides is 1. The van der Waals surface area contributed by atoms with Crippen molar-refractivity contribution >= 4 is 63.9 Å². The molecule has 1 fully saturated rings. The fraction of sp³-hybridized carbons (Fsp3) is 0.300. The molecule has 3 amide bonds. The second kappa shape index (κ2) is 10.6. The molecule has 7 nitrogen and oxygen atoms in total. The highest BCUT2D eigenvalue weighted by Gasteiger charge is 2.66. The first-order valence-corrected chi connectivity index (χ1v) is 14.1. The maximum absolute atomic E-state index is 15.9. The summed E-state index contributed by atoms with van der Waals surface area (Å²) in [7, 11) is 0. The smallest absolute Gasteiger partial charge is 0.250 e. The number of carbonyl (C=O) groups is 3. The second-order valence-corrected chi connectivity index (χ2v) is 12.9. The van der Waals surface area contributed by atoms with Gasteiger partial charge in [0.25, 0.3) is 0 Å². The Balaban J connectivity index is 1.69. The Labute approximate surface area is 251 Å². The van der Waals surface area contributed by atoms with Crippen LogP contribution in [0.15, 0.2) is 54.6 Å². The predicted octanol–water partition coefficient (Wildman–Crippen LogP) is 6.27. The van der Waals surface area contributed by atoms with Gasteiger partial charge in [0.05, 0.1) is 21.7 Å². The van der Waals surface area contributed by atoms with Crippen molar-refractivity contribution in [3.63, 3.8) is 0 Å². The van der Waals surface area contributed by atoms with Crippen molar-refractivity contribution in [2.45, 2.75) is 50.6 Å². The van der Waals surface area contributed by atoms with E-state index in [1.165, 1.54) is 24.3 Å². The van der Waals surface area contributed by atoms with Gasteiger partial charge in [-0.2, -0.15) is 0 Å². The molecule has 0 radical (unpaired) electrons. The van der Waals surface area contributed by atoms with E-state index in [4.69, 9.17) is 40.5 Å². The van der Waals surface area contributed by atoms with Crippen molar-refractivity contribution in [2.75, 3.05) is 10.6 Å². The minimum absolute atomic E-state index is 0.0650. The standard InChI is InChI=1S/C30H28Cl3FN4O3/c1-29(2,3)13-22-30(18-10-7-14(31)11-21(18)37-28(30)41)23(17-5-4-6-19(32)24(17)34)25(38-22)27(40)36-15-8-9-16(26(35)39)20(33)12-15/h4-12,22-23,25,38H,13H2,1-3H3,(H2,35,39)(H,36,40)(H,37,41)/t22-,23-,25+,30+/m0/s1. The first-order chi connectivity index (χ1) is 19.2. The van der Waals surface area contributed by atoms with Crippen molar-refractivity contribution in [1.82, 2.24) is 5.32 Å². The Morgan fingerprint density at radius 3 is 2.44 bits per heavy atom. The zero-order valence-electron chi connectivity index (χ0n) is 22.4. The van der Waals surface area contributed by atoms with Crippen molar-refractivity contribution in [3.05, 3.63) is 92.2 Å². The van der Waals surface area contributed by atoms with E-state index in [1.54, 1.807) is 30.3 Å². The van der Waals surface area contributed by atoms with E-state index < -0.39 is 41.0 Å². The Kier molecular flexibility index (Phi) is 7.57. The van der Waals surface area contributed by atoms with E-state index >= 15 is 4.39 Å². The summed E-state index contributed by atoms with van der Waals surface area (Å²) in [5.41, 5.74) is 5.34. The van der Waals surface area contributed by atoms with Gasteiger partial charge in [0.1, 0.15) is 11.2 Å². The van der Waals surface area contributed by atoms with Gasteiger partial charge in [-0.05, 0) is 59.4 Å². The van der Waals surface area contributed by atoms with Crippen LogP contribution in [0.4, 0.5) is 15.8 Å². The monoisotopic (exact) mass is 616 g/mol. The molecule has 0 bridgehead atoms. The summed E-state index contributed by atoms with van der Waals surface area (Å²) in [4.78, 5) is 39.8. The third-order valence-corrected chi connectivity index (χ3v) is 8.56. The predicted molar refractivity (Wildman–Crippen MR) is 159 cm³/mol. The van der Waals surface area contributed by atoms with Crippen molar-refractivity contribution in [3.8, 4) is 0 Å². The summed E-state index contributed by atoms with van der Waals surface area (Å²) < 4.78 is 15.9. The summed E-state index contributed by atoms with van der Waals surface area (Å²) >= 11 is 18.7. The largest absolute Gasteiger partial charge is 0.366 e. The highest BCUT2D eigenvalue weighted by molar-refractivity contribution is 6.34. The molecule has 3 aromatic carbocycles. The first kappa shape index (κ1) is 29.3. The highest BCUT2D eigenvalue weighted by atomic mass is 35.5. The SMILES string of the molecule is CC(C)(C)C[C@@H]1N[C@@H](C(=O)Nc2ccc(C(N)=O)c(Cl)c2)[C@H](c2cccc(Cl)c2F)[C@]12C(=O)Nc1cc(Cl)ccc12. The maximum Gasteiger partial charge on any atom is 0.250 e. The summed E-state index contributed by atoms with van der Waals surface area (Å²) in [6.45, 7) is 6.09. The lowest BCUT2D eigenvalue weighted by Crippen LogP contribution is -2.49. The van der Waals surface area contributed by atoms with Gasteiger partial charge >= 0.3 is 0 Å². The van der Waals surface area contributed by atoms with E-state index in [2.05, 4.69) is 16.0 Å². The van der Waals surface area contributed by atoms with E-state index in [1.807, 2.05) is 20.8 Å². The van der Waals surface area contributed by atoms with Gasteiger partial charge in [-0.1, -0.05) is 73.8 Å². The Bertz CT molecular complexity index is 1590. The van der Waals surface area contributed by atoms with E-state index in [0.717, 1.165) is 0 Å². The summed E-state index contributed by atoms with van der Waals surface area (Å²) in [6, 6.07) is 12.3. The quantitative estimate of drug-likeness (QED) is 0.270. The molecular formula is C30H28Cl3FN4O3. The summed E-state index contributed by atoms with van der Waals surface area (Å²) in [5, 5.41) is 9.53. The zero-order valence-corrected chi connectivity index (χ0v) is 24.7. The van der Waals surface area contributed by atoms with Gasteiger partial charge < -0.3 is 21.7 Å². The average molecular weight is 618 g/mol. The van der Waals surface area contributed by atoms with Gasteiger partial charge in [-0.25, -0.2) is 4.39 Å². The molecule has 2 aliphatic heterocycles. The molecule has 0 aromatic heterocycles. The van der Waals surface area contributed by atoms with Gasteiger partial charge in [-0.15, -0.1) is 0 Å². The van der Waals surface area contributed by atoms with Crippen LogP contribution >= 0.6 is 34.8 Å². The van der Waals surface area contributed by atoms with Crippen molar-refractivity contribution in [2.24, 2.45) is 11.1 Å². The summed E-state index contributed by atoms with van der Waals surface area (Å²) in [5.74, 6) is -3.32. The molecular weight excluding hydrogens is 590 g/mol. The topological polar surface area (TPSA) is 113 Å². The summed E-state index contributed by atoms with van der Waals surface area (Å²) in [6.07, 6.45) is 0.476. The third kappa shape index (κ3) is 5.07. The Morgan fingerprint density at radius 1 is 1.05 bits per heavy atom. The number of halogens is 4. The minimum Gasteiger partial charge on any atom is -0.366 e. The molecule has 5 rings (SSSR count). The number of anilines is 2. The molecule has 5 N–H and O–H groups in total. The molecule has 2 heterocycles. The molecule has 214 valence electrons. The van der Waals surface area contributed by atoms with E-state index in [9.17, 15) is 14.4 Å². The number of carbonyl (C=O) groups excluding carboxylic acids is 3. The van der Waals surface area contributed by atoms with Crippen LogP contribution in [-0.4, -0.2) is 29.8 Å². The lowest BCUT2D eigenvalue weighted by Gasteiger charge is -2.37. The van der Waals surface area contributed by atoms with Gasteiger partial charge in [-0.3, -0.25) is 14.4 Å². The van der Waals surface area contributed by atoms with Gasteiger partial charge in [0, 0.05) is 28.4 Å². The maximum atomic E-state index is 15.9. The number of hydrogen-bond donors (Lipinski definition) is 4. The second-order valence-electron chi connectivity index (χ2n) is 11.6. The number of benzene rings is 3. The highest BCUT2D eigenvalue weighted by Crippen LogP contribution is 2.57. The molecule has 41 heavy (non-hydrogen) atoms. The molecule has 1 spiro atoms. The lowest BCUT2D eigenvalue weighted by molar-refractivity contribution is -0.122. The molecule has 1 saturated heterocycles. The molecule has 11 heteroatoms. The Morgan fingerprint density at radius 2 is 1.78 bits per heavy atom. The molecule has 4 atom stereocenters. The van der Waals surface area contributed by atoms with Crippen LogP contribution < -0.4 is 21.7 Å². The molecule has 3 aromatic rings. The van der Waals surface area contributed by atoms with E-state index in [-0.39, 0.29) is 32.5 Å². The number of amides is 3. The Hall–Kier alpha value is -3.17. The number of hydrogen-bond acceptors (Lipinski definition) is 4. The minimum atomic E-state index is -1.38. The zero-order chi connectivity index (χ0) is 29.9. The fourth-order valence-corrected chi connectivity index (χ4v) is 6.79. The average Bonchev–Trinajstić information content (AvgIpc) is 3.34. The normalized spacial score (nSPS) is 23.4. The molecule has 0 aliphatic carbocycles.